The standard InChI is InChI=1S/C37H36N3O8P/c1-38-36(43)22-18-32(27-42)40(2)25-31-23-29(13-17-30(31)26-41)24-39-37(44)21-16-28-14-19-35(20-15-28)48-49(45,46-33-9-5-3-6-10-33)47-34-11-7-4-8-12-34/h3-15,17,19-20,23,26-27,32H,18,22,24-25H2,1-2H3,(H,38,43)(H,39,44). The third-order valence-corrected chi connectivity index (χ3v) is 8.49. The van der Waals surface area contributed by atoms with Gasteiger partial charge in [-0.1, -0.05) is 60.5 Å². The quantitative estimate of drug-likeness (QED) is 0.0912. The van der Waals surface area contributed by atoms with Crippen molar-refractivity contribution >= 4 is 32.2 Å². The second-order valence-corrected chi connectivity index (χ2v) is 12.2. The maximum atomic E-state index is 13.6. The van der Waals surface area contributed by atoms with Gasteiger partial charge in [0.15, 0.2) is 0 Å². The van der Waals surface area contributed by atoms with Crippen LogP contribution in [0.1, 0.15) is 39.9 Å². The lowest BCUT2D eigenvalue weighted by molar-refractivity contribution is -0.121. The maximum Gasteiger partial charge on any atom is 0.647 e. The number of hydrogen-bond acceptors (Lipinski definition) is 9. The summed E-state index contributed by atoms with van der Waals surface area (Å²) in [6.45, 7) is 0.445. The molecule has 0 aliphatic rings. The Bertz CT molecular complexity index is 1800. The molecular weight excluding hydrogens is 645 g/mol. The normalized spacial score (nSPS) is 11.3. The number of carbonyl (C=O) groups excluding carboxylic acids is 4. The van der Waals surface area contributed by atoms with Crippen molar-refractivity contribution in [2.24, 2.45) is 0 Å². The zero-order chi connectivity index (χ0) is 35.1. The third kappa shape index (κ3) is 11.5. The fourth-order valence-electron chi connectivity index (χ4n) is 4.56. The molecular formula is C37H36N3O8P. The number of para-hydroxylation sites is 2. The van der Waals surface area contributed by atoms with Gasteiger partial charge >= 0.3 is 7.82 Å². The Morgan fingerprint density at radius 1 is 0.857 bits per heavy atom. The van der Waals surface area contributed by atoms with E-state index in [2.05, 4.69) is 22.5 Å². The highest BCUT2D eigenvalue weighted by Gasteiger charge is 2.33. The van der Waals surface area contributed by atoms with Gasteiger partial charge in [-0.15, -0.1) is 0 Å². The van der Waals surface area contributed by atoms with Crippen molar-refractivity contribution in [3.05, 3.63) is 125 Å². The first kappa shape index (κ1) is 36.2. The Balaban J connectivity index is 1.36. The highest BCUT2D eigenvalue weighted by molar-refractivity contribution is 7.49. The van der Waals surface area contributed by atoms with Crippen LogP contribution in [0.15, 0.2) is 103 Å². The molecule has 0 fully saturated rings. The molecule has 49 heavy (non-hydrogen) atoms. The van der Waals surface area contributed by atoms with E-state index in [4.69, 9.17) is 13.6 Å². The van der Waals surface area contributed by atoms with Crippen LogP contribution in [0, 0.1) is 11.8 Å². The minimum Gasteiger partial charge on any atom is -0.386 e. The number of hydrogen-bond donors (Lipinski definition) is 2. The average Bonchev–Trinajstić information content (AvgIpc) is 3.11. The van der Waals surface area contributed by atoms with Crippen molar-refractivity contribution in [3.63, 3.8) is 0 Å². The SMILES string of the molecule is CNC(=O)CCC(C=O)N(C)Cc1cc(CNC(=O)C#Cc2ccc(OP(=O)(Oc3ccccc3)Oc3ccccc3)cc2)ccc1C=O. The first-order valence-corrected chi connectivity index (χ1v) is 16.8. The van der Waals surface area contributed by atoms with Crippen LogP contribution in [0.2, 0.25) is 0 Å². The summed E-state index contributed by atoms with van der Waals surface area (Å²) in [4.78, 5) is 49.3. The van der Waals surface area contributed by atoms with Gasteiger partial charge in [-0.2, -0.15) is 4.57 Å². The van der Waals surface area contributed by atoms with Crippen molar-refractivity contribution in [2.45, 2.75) is 32.0 Å². The number of phosphoric acid groups is 1. The summed E-state index contributed by atoms with van der Waals surface area (Å²) in [5.74, 6) is 5.46. The van der Waals surface area contributed by atoms with Crippen LogP contribution in [0.3, 0.4) is 0 Å². The molecule has 12 heteroatoms. The first-order chi connectivity index (χ1) is 23.7. The molecule has 0 heterocycles. The predicted octanol–water partition coefficient (Wildman–Crippen LogP) is 5.34. The molecule has 11 nitrogen and oxygen atoms in total. The lowest BCUT2D eigenvalue weighted by atomic mass is 10.0. The van der Waals surface area contributed by atoms with Gasteiger partial charge in [0.25, 0.3) is 5.91 Å². The molecule has 0 saturated heterocycles. The van der Waals surface area contributed by atoms with Gasteiger partial charge in [-0.3, -0.25) is 19.3 Å². The summed E-state index contributed by atoms with van der Waals surface area (Å²) in [6.07, 6.45) is 2.06. The van der Waals surface area contributed by atoms with Crippen molar-refractivity contribution in [1.82, 2.24) is 15.5 Å². The van der Waals surface area contributed by atoms with Gasteiger partial charge in [-0.25, -0.2) is 0 Å². The Labute approximate surface area is 285 Å². The van der Waals surface area contributed by atoms with Gasteiger partial charge in [0.05, 0.1) is 6.04 Å². The average molecular weight is 682 g/mol. The number of aldehydes is 2. The second-order valence-electron chi connectivity index (χ2n) is 10.8. The monoisotopic (exact) mass is 681 g/mol. The number of likely N-dealkylation sites (N-methyl/N-ethyl adjacent to an activating group) is 1. The van der Waals surface area contributed by atoms with E-state index in [1.165, 1.54) is 19.2 Å². The number of nitrogens with one attached hydrogen (secondary N) is 2. The van der Waals surface area contributed by atoms with Crippen LogP contribution in [-0.4, -0.2) is 49.4 Å². The minimum atomic E-state index is -4.15. The van der Waals surface area contributed by atoms with Gasteiger partial charge in [-0.05, 0) is 73.1 Å². The van der Waals surface area contributed by atoms with Crippen LogP contribution in [0.25, 0.3) is 0 Å². The Hall–Kier alpha value is -5.69. The van der Waals surface area contributed by atoms with Crippen molar-refractivity contribution < 1.29 is 37.3 Å². The Morgan fingerprint density at radius 2 is 1.45 bits per heavy atom. The fraction of sp³-hybridized carbons (Fsp3) is 0.189. The largest absolute Gasteiger partial charge is 0.647 e. The van der Waals surface area contributed by atoms with Gasteiger partial charge in [0.2, 0.25) is 5.91 Å². The van der Waals surface area contributed by atoms with E-state index in [0.717, 1.165) is 18.1 Å². The first-order valence-electron chi connectivity index (χ1n) is 15.3. The summed E-state index contributed by atoms with van der Waals surface area (Å²) in [5, 5.41) is 5.28. The molecule has 2 N–H and O–H groups in total. The van der Waals surface area contributed by atoms with Crippen molar-refractivity contribution in [3.8, 4) is 29.1 Å². The van der Waals surface area contributed by atoms with E-state index < -0.39 is 19.8 Å². The van der Waals surface area contributed by atoms with Gasteiger partial charge < -0.3 is 29.0 Å². The molecule has 1 unspecified atom stereocenters. The molecule has 0 spiro atoms. The molecule has 0 aliphatic heterocycles. The topological polar surface area (TPSA) is 140 Å². The predicted molar refractivity (Wildman–Crippen MR) is 184 cm³/mol. The van der Waals surface area contributed by atoms with E-state index in [9.17, 15) is 23.7 Å². The van der Waals surface area contributed by atoms with Crippen LogP contribution >= 0.6 is 7.82 Å². The van der Waals surface area contributed by atoms with Crippen LogP contribution in [0.4, 0.5) is 0 Å². The lowest BCUT2D eigenvalue weighted by Crippen LogP contribution is -2.34. The lowest BCUT2D eigenvalue weighted by Gasteiger charge is -2.24. The highest BCUT2D eigenvalue weighted by Crippen LogP contribution is 2.49. The molecule has 0 radical (unpaired) electrons. The molecule has 4 aromatic carbocycles. The minimum absolute atomic E-state index is 0.155. The van der Waals surface area contributed by atoms with E-state index in [0.29, 0.717) is 41.2 Å². The van der Waals surface area contributed by atoms with E-state index in [1.807, 2.05) is 0 Å². The smallest absolute Gasteiger partial charge is 0.386 e. The van der Waals surface area contributed by atoms with Crippen molar-refractivity contribution in [2.75, 3.05) is 14.1 Å². The zero-order valence-electron chi connectivity index (χ0n) is 27.0. The molecule has 0 saturated carbocycles. The molecule has 4 rings (SSSR count). The highest BCUT2D eigenvalue weighted by atomic mass is 31.2. The molecule has 2 amide bonds. The fourth-order valence-corrected chi connectivity index (χ4v) is 5.82. The van der Waals surface area contributed by atoms with E-state index >= 15 is 0 Å². The van der Waals surface area contributed by atoms with Crippen LogP contribution in [0.5, 0.6) is 17.2 Å². The number of phosphoric ester groups is 1. The summed E-state index contributed by atoms with van der Waals surface area (Å²) in [5.41, 5.74) is 2.38. The third-order valence-electron chi connectivity index (χ3n) is 7.19. The van der Waals surface area contributed by atoms with Gasteiger partial charge in [0, 0.05) is 43.6 Å². The maximum absolute atomic E-state index is 13.6. The van der Waals surface area contributed by atoms with E-state index in [-0.39, 0.29) is 24.6 Å². The van der Waals surface area contributed by atoms with Crippen LogP contribution in [-0.2, 0) is 32.0 Å². The molecule has 0 aromatic heterocycles. The summed E-state index contributed by atoms with van der Waals surface area (Å²) in [6, 6.07) is 28.0. The molecule has 0 aliphatic carbocycles. The molecule has 1 atom stereocenters. The van der Waals surface area contributed by atoms with E-state index in [1.54, 1.807) is 103 Å². The Morgan fingerprint density at radius 3 is 2.00 bits per heavy atom. The summed E-state index contributed by atoms with van der Waals surface area (Å²) < 4.78 is 30.6. The number of carbonyl (C=O) groups is 4. The molecule has 252 valence electrons. The number of nitrogens with zero attached hydrogens (tertiary/aromatic N) is 1. The zero-order valence-corrected chi connectivity index (χ0v) is 27.9. The second kappa shape index (κ2) is 18.0. The number of benzene rings is 4. The molecule has 0 bridgehead atoms. The van der Waals surface area contributed by atoms with Crippen molar-refractivity contribution in [1.29, 1.82) is 0 Å². The number of amides is 2. The number of rotatable bonds is 16. The summed E-state index contributed by atoms with van der Waals surface area (Å²) in [7, 11) is -0.871. The molecule has 4 aromatic rings. The summed E-state index contributed by atoms with van der Waals surface area (Å²) >= 11 is 0. The Kier molecular flexibility index (Phi) is 13.3. The van der Waals surface area contributed by atoms with Crippen LogP contribution < -0.4 is 24.2 Å². The van der Waals surface area contributed by atoms with Gasteiger partial charge in [0.1, 0.15) is 29.8 Å².